The Morgan fingerprint density at radius 2 is 1.78 bits per heavy atom. The largest absolute Gasteiger partial charge is 0.545 e. The molecule has 2 amide bonds. The predicted molar refractivity (Wildman–Crippen MR) is 63.9 cm³/mol. The molecular weight excluding hydrogens is 304 g/mol. The van der Waals surface area contributed by atoms with Gasteiger partial charge in [-0.05, 0) is 34.1 Å². The van der Waals surface area contributed by atoms with Crippen LogP contribution in [0.2, 0.25) is 0 Å². The Morgan fingerprint density at radius 3 is 2.39 bits per heavy atom. The summed E-state index contributed by atoms with van der Waals surface area (Å²) in [5.74, 6) is -2.81. The lowest BCUT2D eigenvalue weighted by atomic mass is 10.2. The summed E-state index contributed by atoms with van der Waals surface area (Å²) in [4.78, 5) is 32.7. The van der Waals surface area contributed by atoms with Gasteiger partial charge in [0.15, 0.2) is 0 Å². The van der Waals surface area contributed by atoms with Crippen molar-refractivity contribution in [1.82, 2.24) is 10.9 Å². The first-order valence-corrected chi connectivity index (χ1v) is 5.54. The fourth-order valence-electron chi connectivity index (χ4n) is 1.02. The normalized spacial score (nSPS) is 10.1. The summed E-state index contributed by atoms with van der Waals surface area (Å²) in [5.41, 5.74) is 4.49. The minimum absolute atomic E-state index is 0.335. The van der Waals surface area contributed by atoms with E-state index >= 15 is 0 Å². The van der Waals surface area contributed by atoms with Crippen LogP contribution in [0.3, 0.4) is 0 Å². The molecule has 0 atom stereocenters. The van der Waals surface area contributed by atoms with Gasteiger partial charge in [0.1, 0.15) is 0 Å². The van der Waals surface area contributed by atoms with Gasteiger partial charge in [0.25, 0.3) is 11.8 Å². The maximum Gasteiger partial charge on any atom is 0.270 e. The van der Waals surface area contributed by atoms with E-state index in [1.807, 2.05) is 5.43 Å². The molecule has 0 aliphatic carbocycles. The monoisotopic (exact) mass is 311 g/mol. The molecule has 0 spiro atoms. The van der Waals surface area contributed by atoms with Crippen LogP contribution in [0.5, 0.6) is 0 Å². The molecule has 0 unspecified atom stereocenters. The van der Waals surface area contributed by atoms with E-state index in [4.69, 9.17) is 0 Å². The summed E-state index contributed by atoms with van der Waals surface area (Å²) in [7, 11) is 0. The van der Waals surface area contributed by atoms with E-state index in [-0.39, 0.29) is 0 Å². The number of halogens is 1. The Balaban J connectivity index is 2.55. The van der Waals surface area contributed by atoms with E-state index in [0.29, 0.717) is 16.1 Å². The lowest BCUT2D eigenvalue weighted by Gasteiger charge is -2.06. The molecule has 6 nitrogen and oxygen atoms in total. The second-order valence-electron chi connectivity index (χ2n) is 3.08. The van der Waals surface area contributed by atoms with Crippen molar-refractivity contribution in [2.75, 3.05) is 0 Å². The van der Waals surface area contributed by atoms with Crippen LogP contribution in [-0.2, 0) is 9.59 Å². The minimum Gasteiger partial charge on any atom is -0.545 e. The Kier molecular flexibility index (Phi) is 5.06. The lowest BCUT2D eigenvalue weighted by molar-refractivity contribution is -0.297. The van der Waals surface area contributed by atoms with Crippen LogP contribution in [0.1, 0.15) is 10.4 Å². The maximum atomic E-state index is 11.6. The van der Waals surface area contributed by atoms with Crippen LogP contribution in [0.15, 0.2) is 40.9 Å². The molecule has 0 saturated heterocycles. The second kappa shape index (κ2) is 6.55. The first-order valence-electron chi connectivity index (χ1n) is 4.74. The smallest absolute Gasteiger partial charge is 0.270 e. The first-order chi connectivity index (χ1) is 8.50. The van der Waals surface area contributed by atoms with Gasteiger partial charge in [-0.25, -0.2) is 0 Å². The van der Waals surface area contributed by atoms with Crippen LogP contribution in [0, 0.1) is 0 Å². The molecule has 1 aromatic carbocycles. The number of aliphatic carboxylic acids is 1. The summed E-state index contributed by atoms with van der Waals surface area (Å²) in [6.45, 7) is 0. The highest BCUT2D eigenvalue weighted by molar-refractivity contribution is 9.10. The van der Waals surface area contributed by atoms with Crippen molar-refractivity contribution in [3.05, 3.63) is 46.5 Å². The van der Waals surface area contributed by atoms with Crippen molar-refractivity contribution in [1.29, 1.82) is 0 Å². The van der Waals surface area contributed by atoms with Crippen molar-refractivity contribution in [2.45, 2.75) is 0 Å². The highest BCUT2D eigenvalue weighted by Gasteiger charge is 2.08. The molecule has 0 saturated carbocycles. The predicted octanol–water partition coefficient (Wildman–Crippen LogP) is -0.484. The van der Waals surface area contributed by atoms with Gasteiger partial charge >= 0.3 is 0 Å². The average molecular weight is 312 g/mol. The number of amides is 2. The molecule has 0 bridgehead atoms. The van der Waals surface area contributed by atoms with Gasteiger partial charge in [0, 0.05) is 10.5 Å². The number of hydrogen-bond donors (Lipinski definition) is 2. The topological polar surface area (TPSA) is 98.3 Å². The van der Waals surface area contributed by atoms with Gasteiger partial charge in [-0.2, -0.15) is 0 Å². The van der Waals surface area contributed by atoms with Crippen LogP contribution < -0.4 is 16.0 Å². The van der Waals surface area contributed by atoms with E-state index in [2.05, 4.69) is 21.4 Å². The molecule has 0 heterocycles. The number of rotatable bonds is 3. The van der Waals surface area contributed by atoms with Crippen LogP contribution in [-0.4, -0.2) is 17.8 Å². The summed E-state index contributed by atoms with van der Waals surface area (Å²) < 4.78 is 0.571. The summed E-state index contributed by atoms with van der Waals surface area (Å²) in [5, 5.41) is 10.0. The highest BCUT2D eigenvalue weighted by Crippen LogP contribution is 2.14. The standard InChI is InChI=1S/C11H9BrN2O4/c12-8-4-2-1-3-7(8)11(18)14-13-9(15)5-6-10(16)17/h1-6H,(H,13,15)(H,14,18)(H,16,17)/p-1/b6-5+. The zero-order valence-electron chi connectivity index (χ0n) is 8.98. The average Bonchev–Trinajstić information content (AvgIpc) is 2.34. The molecule has 0 aromatic heterocycles. The van der Waals surface area contributed by atoms with Gasteiger partial charge < -0.3 is 9.90 Å². The number of carbonyl (C=O) groups excluding carboxylic acids is 3. The Hall–Kier alpha value is -2.15. The molecular formula is C11H8BrN2O4-. The van der Waals surface area contributed by atoms with Gasteiger partial charge in [0.05, 0.1) is 11.5 Å². The van der Waals surface area contributed by atoms with E-state index in [1.165, 1.54) is 0 Å². The molecule has 7 heteroatoms. The molecule has 0 aliphatic rings. The highest BCUT2D eigenvalue weighted by atomic mass is 79.9. The van der Waals surface area contributed by atoms with E-state index < -0.39 is 17.8 Å². The number of benzene rings is 1. The zero-order chi connectivity index (χ0) is 13.5. The molecule has 0 aliphatic heterocycles. The Morgan fingerprint density at radius 1 is 1.11 bits per heavy atom. The molecule has 2 N–H and O–H groups in total. The van der Waals surface area contributed by atoms with E-state index in [9.17, 15) is 19.5 Å². The van der Waals surface area contributed by atoms with Crippen LogP contribution in [0.25, 0.3) is 0 Å². The van der Waals surface area contributed by atoms with Gasteiger partial charge in [-0.15, -0.1) is 0 Å². The summed E-state index contributed by atoms with van der Waals surface area (Å²) in [6.07, 6.45) is 1.29. The van der Waals surface area contributed by atoms with Crippen molar-refractivity contribution in [3.63, 3.8) is 0 Å². The molecule has 0 fully saturated rings. The number of hydrogen-bond acceptors (Lipinski definition) is 4. The summed E-state index contributed by atoms with van der Waals surface area (Å²) in [6, 6.07) is 6.63. The Labute approximate surface area is 111 Å². The third kappa shape index (κ3) is 4.38. The van der Waals surface area contributed by atoms with Crippen LogP contribution >= 0.6 is 15.9 Å². The van der Waals surface area contributed by atoms with Gasteiger partial charge in [0.2, 0.25) is 0 Å². The lowest BCUT2D eigenvalue weighted by Crippen LogP contribution is -2.41. The molecule has 1 rings (SSSR count). The fraction of sp³-hybridized carbons (Fsp3) is 0. The summed E-state index contributed by atoms with van der Waals surface area (Å²) >= 11 is 3.18. The maximum absolute atomic E-state index is 11.6. The van der Waals surface area contributed by atoms with Crippen LogP contribution in [0.4, 0.5) is 0 Å². The first kappa shape index (κ1) is 13.9. The molecule has 94 valence electrons. The minimum atomic E-state index is -1.50. The van der Waals surface area contributed by atoms with E-state index in [1.54, 1.807) is 24.3 Å². The number of nitrogens with one attached hydrogen (secondary N) is 2. The van der Waals surface area contributed by atoms with Crippen molar-refractivity contribution in [2.24, 2.45) is 0 Å². The number of carboxylic acid groups (broad SMARTS) is 1. The zero-order valence-corrected chi connectivity index (χ0v) is 10.6. The van der Waals surface area contributed by atoms with Gasteiger partial charge in [-0.3, -0.25) is 20.4 Å². The third-order valence-electron chi connectivity index (χ3n) is 1.79. The number of hydrazine groups is 1. The number of carbonyl (C=O) groups is 3. The second-order valence-corrected chi connectivity index (χ2v) is 3.93. The fourth-order valence-corrected chi connectivity index (χ4v) is 1.48. The molecule has 0 radical (unpaired) electrons. The molecule has 18 heavy (non-hydrogen) atoms. The van der Waals surface area contributed by atoms with Crippen molar-refractivity contribution in [3.8, 4) is 0 Å². The quantitative estimate of drug-likeness (QED) is 0.581. The van der Waals surface area contributed by atoms with E-state index in [0.717, 1.165) is 6.08 Å². The molecule has 1 aromatic rings. The SMILES string of the molecule is O=C([O-])/C=C/C(=O)NNC(=O)c1ccccc1Br. The Bertz CT molecular complexity index is 514. The third-order valence-corrected chi connectivity index (χ3v) is 2.48. The number of carboxylic acids is 1. The van der Waals surface area contributed by atoms with Crippen molar-refractivity contribution < 1.29 is 19.5 Å². The van der Waals surface area contributed by atoms with Gasteiger partial charge in [-0.1, -0.05) is 12.1 Å². The van der Waals surface area contributed by atoms with Crippen molar-refractivity contribution >= 4 is 33.7 Å².